The Kier molecular flexibility index (Phi) is 4.69. The number of halogens is 1. The zero-order chi connectivity index (χ0) is 16.2. The van der Waals surface area contributed by atoms with Crippen molar-refractivity contribution in [3.63, 3.8) is 0 Å². The predicted molar refractivity (Wildman–Crippen MR) is 86.2 cm³/mol. The van der Waals surface area contributed by atoms with Gasteiger partial charge in [0.1, 0.15) is 13.2 Å². The fourth-order valence-corrected chi connectivity index (χ4v) is 2.54. The van der Waals surface area contributed by atoms with Crippen LogP contribution in [0.25, 0.3) is 0 Å². The molecule has 3 rings (SSSR count). The van der Waals surface area contributed by atoms with Gasteiger partial charge in [0, 0.05) is 6.54 Å². The number of aliphatic hydroxyl groups excluding tert-OH is 1. The second-order valence-corrected chi connectivity index (χ2v) is 5.52. The lowest BCUT2D eigenvalue weighted by atomic mass is 10.1. The lowest BCUT2D eigenvalue weighted by Gasteiger charge is -2.20. The number of carbonyl (C=O) groups excluding carboxylic acids is 1. The van der Waals surface area contributed by atoms with Crippen molar-refractivity contribution in [3.05, 3.63) is 58.6 Å². The molecule has 0 saturated heterocycles. The molecule has 23 heavy (non-hydrogen) atoms. The molecular weight excluding hydrogens is 318 g/mol. The van der Waals surface area contributed by atoms with Gasteiger partial charge < -0.3 is 19.9 Å². The summed E-state index contributed by atoms with van der Waals surface area (Å²) in [5.74, 6) is 0.935. The molecule has 0 radical (unpaired) electrons. The molecule has 2 N–H and O–H groups in total. The first-order chi connectivity index (χ1) is 11.1. The molecule has 1 aliphatic rings. The third-order valence-corrected chi connectivity index (χ3v) is 3.86. The van der Waals surface area contributed by atoms with Crippen LogP contribution in [0.15, 0.2) is 42.5 Å². The molecule has 2 aromatic carbocycles. The summed E-state index contributed by atoms with van der Waals surface area (Å²) in [6.07, 6.45) is -0.850. The van der Waals surface area contributed by atoms with Gasteiger partial charge in [-0.2, -0.15) is 0 Å². The van der Waals surface area contributed by atoms with E-state index in [4.69, 9.17) is 21.1 Å². The smallest absolute Gasteiger partial charge is 0.252 e. The highest BCUT2D eigenvalue weighted by atomic mass is 35.5. The molecule has 0 saturated carbocycles. The van der Waals surface area contributed by atoms with Crippen molar-refractivity contribution < 1.29 is 19.4 Å². The Labute approximate surface area is 138 Å². The summed E-state index contributed by atoms with van der Waals surface area (Å²) in [4.78, 5) is 12.1. The number of rotatable bonds is 4. The molecule has 0 spiro atoms. The number of ether oxygens (including phenoxy) is 2. The number of hydrogen-bond acceptors (Lipinski definition) is 4. The molecule has 2 aromatic rings. The Balaban J connectivity index is 1.64. The van der Waals surface area contributed by atoms with Crippen LogP contribution in [0.3, 0.4) is 0 Å². The summed E-state index contributed by atoms with van der Waals surface area (Å²) >= 11 is 5.98. The van der Waals surface area contributed by atoms with Crippen molar-refractivity contribution in [2.45, 2.75) is 6.10 Å². The Hall–Kier alpha value is -2.24. The van der Waals surface area contributed by atoms with E-state index in [1.807, 2.05) is 0 Å². The number of benzene rings is 2. The maximum absolute atomic E-state index is 12.1. The largest absolute Gasteiger partial charge is 0.486 e. The molecule has 0 aromatic heterocycles. The van der Waals surface area contributed by atoms with Crippen LogP contribution < -0.4 is 14.8 Å². The fraction of sp³-hybridized carbons (Fsp3) is 0.235. The van der Waals surface area contributed by atoms with Crippen LogP contribution in [-0.2, 0) is 0 Å². The van der Waals surface area contributed by atoms with Crippen molar-refractivity contribution >= 4 is 17.5 Å². The Morgan fingerprint density at radius 1 is 1.17 bits per heavy atom. The zero-order valence-electron chi connectivity index (χ0n) is 12.3. The van der Waals surface area contributed by atoms with E-state index < -0.39 is 6.10 Å². The highest BCUT2D eigenvalue weighted by Gasteiger charge is 2.17. The first-order valence-electron chi connectivity index (χ1n) is 7.25. The summed E-state index contributed by atoms with van der Waals surface area (Å²) in [6, 6.07) is 12.0. The van der Waals surface area contributed by atoms with E-state index in [1.54, 1.807) is 42.5 Å². The molecule has 1 aliphatic heterocycles. The SMILES string of the molecule is O=C(NC[C@H](O)c1ccc2c(c1)OCCO2)c1ccccc1Cl. The molecule has 1 amide bonds. The van der Waals surface area contributed by atoms with Crippen molar-refractivity contribution in [2.75, 3.05) is 19.8 Å². The van der Waals surface area contributed by atoms with Crippen LogP contribution in [0.5, 0.6) is 11.5 Å². The summed E-state index contributed by atoms with van der Waals surface area (Å²) in [5, 5.41) is 13.3. The van der Waals surface area contributed by atoms with Crippen molar-refractivity contribution in [1.82, 2.24) is 5.32 Å². The normalized spacial score (nSPS) is 14.2. The maximum atomic E-state index is 12.1. The third kappa shape index (κ3) is 3.57. The van der Waals surface area contributed by atoms with Crippen molar-refractivity contribution in [3.8, 4) is 11.5 Å². The second kappa shape index (κ2) is 6.89. The topological polar surface area (TPSA) is 67.8 Å². The van der Waals surface area contributed by atoms with E-state index in [1.165, 1.54) is 0 Å². The average molecular weight is 334 g/mol. The van der Waals surface area contributed by atoms with Crippen LogP contribution >= 0.6 is 11.6 Å². The van der Waals surface area contributed by atoms with Gasteiger partial charge in [-0.05, 0) is 29.8 Å². The molecule has 5 nitrogen and oxygen atoms in total. The number of amides is 1. The van der Waals surface area contributed by atoms with Gasteiger partial charge in [0.15, 0.2) is 11.5 Å². The quantitative estimate of drug-likeness (QED) is 0.902. The van der Waals surface area contributed by atoms with Crippen LogP contribution in [0.2, 0.25) is 5.02 Å². The van der Waals surface area contributed by atoms with E-state index in [2.05, 4.69) is 5.32 Å². The van der Waals surface area contributed by atoms with Crippen LogP contribution in [0, 0.1) is 0 Å². The summed E-state index contributed by atoms with van der Waals surface area (Å²) in [5.41, 5.74) is 1.03. The zero-order valence-corrected chi connectivity index (χ0v) is 13.0. The Morgan fingerprint density at radius 2 is 1.91 bits per heavy atom. The second-order valence-electron chi connectivity index (χ2n) is 5.11. The van der Waals surface area contributed by atoms with Gasteiger partial charge in [-0.1, -0.05) is 29.8 Å². The summed E-state index contributed by atoms with van der Waals surface area (Å²) in [7, 11) is 0. The van der Waals surface area contributed by atoms with Gasteiger partial charge >= 0.3 is 0 Å². The summed E-state index contributed by atoms with van der Waals surface area (Å²) in [6.45, 7) is 1.07. The number of hydrogen-bond donors (Lipinski definition) is 2. The van der Waals surface area contributed by atoms with E-state index in [9.17, 15) is 9.90 Å². The standard InChI is InChI=1S/C17H16ClNO4/c18-13-4-2-1-3-12(13)17(21)19-10-14(20)11-5-6-15-16(9-11)23-8-7-22-15/h1-6,9,14,20H,7-8,10H2,(H,19,21)/t14-/m0/s1. The summed E-state index contributed by atoms with van der Waals surface area (Å²) < 4.78 is 10.9. The fourth-order valence-electron chi connectivity index (χ4n) is 2.32. The minimum Gasteiger partial charge on any atom is -0.486 e. The highest BCUT2D eigenvalue weighted by Crippen LogP contribution is 2.32. The first-order valence-corrected chi connectivity index (χ1v) is 7.63. The number of fused-ring (bicyclic) bond motifs is 1. The van der Waals surface area contributed by atoms with E-state index >= 15 is 0 Å². The Bertz CT molecular complexity index is 719. The van der Waals surface area contributed by atoms with Gasteiger partial charge in [0.2, 0.25) is 0 Å². The van der Waals surface area contributed by atoms with Gasteiger partial charge in [-0.3, -0.25) is 4.79 Å². The molecular formula is C17H16ClNO4. The first kappa shape index (κ1) is 15.6. The minimum atomic E-state index is -0.850. The number of carbonyl (C=O) groups is 1. The molecule has 0 fully saturated rings. The maximum Gasteiger partial charge on any atom is 0.252 e. The van der Waals surface area contributed by atoms with Crippen LogP contribution in [0.4, 0.5) is 0 Å². The van der Waals surface area contributed by atoms with Gasteiger partial charge in [-0.15, -0.1) is 0 Å². The van der Waals surface area contributed by atoms with E-state index in [0.29, 0.717) is 40.9 Å². The monoisotopic (exact) mass is 333 g/mol. The lowest BCUT2D eigenvalue weighted by molar-refractivity contribution is 0.0916. The van der Waals surface area contributed by atoms with Gasteiger partial charge in [0.05, 0.1) is 16.7 Å². The Morgan fingerprint density at radius 3 is 2.70 bits per heavy atom. The van der Waals surface area contributed by atoms with Gasteiger partial charge in [0.25, 0.3) is 5.91 Å². The van der Waals surface area contributed by atoms with Crippen LogP contribution in [0.1, 0.15) is 22.0 Å². The molecule has 0 unspecified atom stereocenters. The lowest BCUT2D eigenvalue weighted by Crippen LogP contribution is -2.28. The predicted octanol–water partition coefficient (Wildman–Crippen LogP) is 2.57. The third-order valence-electron chi connectivity index (χ3n) is 3.53. The molecule has 1 heterocycles. The molecule has 6 heteroatoms. The molecule has 0 bridgehead atoms. The molecule has 120 valence electrons. The van der Waals surface area contributed by atoms with Gasteiger partial charge in [-0.25, -0.2) is 0 Å². The number of aliphatic hydroxyl groups is 1. The number of nitrogens with one attached hydrogen (secondary N) is 1. The van der Waals surface area contributed by atoms with Crippen molar-refractivity contribution in [2.24, 2.45) is 0 Å². The molecule has 1 atom stereocenters. The minimum absolute atomic E-state index is 0.0731. The van der Waals surface area contributed by atoms with Crippen LogP contribution in [-0.4, -0.2) is 30.8 Å². The van der Waals surface area contributed by atoms with E-state index in [0.717, 1.165) is 0 Å². The van der Waals surface area contributed by atoms with E-state index in [-0.39, 0.29) is 12.5 Å². The average Bonchev–Trinajstić information content (AvgIpc) is 2.59. The van der Waals surface area contributed by atoms with Crippen molar-refractivity contribution in [1.29, 1.82) is 0 Å². The molecule has 0 aliphatic carbocycles. The highest BCUT2D eigenvalue weighted by molar-refractivity contribution is 6.33.